The molecule has 1 saturated heterocycles. The second kappa shape index (κ2) is 7.47. The van der Waals surface area contributed by atoms with E-state index < -0.39 is 5.60 Å². The number of halogens is 1. The Kier molecular flexibility index (Phi) is 4.77. The van der Waals surface area contributed by atoms with E-state index in [0.29, 0.717) is 17.6 Å². The number of ether oxygens (including phenoxy) is 2. The molecule has 1 aliphatic carbocycles. The van der Waals surface area contributed by atoms with Crippen LogP contribution < -0.4 is 4.74 Å². The van der Waals surface area contributed by atoms with Gasteiger partial charge in [-0.3, -0.25) is 0 Å². The predicted octanol–water partition coefficient (Wildman–Crippen LogP) is 4.34. The lowest BCUT2D eigenvalue weighted by molar-refractivity contribution is -0.136. The van der Waals surface area contributed by atoms with Crippen LogP contribution in [0.1, 0.15) is 31.7 Å². The Hall–Kier alpha value is -2.80. The second-order valence-electron chi connectivity index (χ2n) is 8.20. The van der Waals surface area contributed by atoms with E-state index in [9.17, 15) is 4.79 Å². The van der Waals surface area contributed by atoms with Gasteiger partial charge >= 0.3 is 6.09 Å². The van der Waals surface area contributed by atoms with Crippen LogP contribution in [0.4, 0.5) is 4.79 Å². The third-order valence-electron chi connectivity index (χ3n) is 6.27. The highest BCUT2D eigenvalue weighted by atomic mass is 35.5. The Morgan fingerprint density at radius 2 is 2.13 bits per heavy atom. The van der Waals surface area contributed by atoms with Gasteiger partial charge in [-0.25, -0.2) is 9.31 Å². The number of nitrogens with zero attached hydrogens (tertiary/aromatic N) is 4. The molecule has 0 radical (unpaired) electrons. The molecule has 30 heavy (non-hydrogen) atoms. The van der Waals surface area contributed by atoms with Crippen LogP contribution in [0.25, 0.3) is 5.52 Å². The highest BCUT2D eigenvalue weighted by Gasteiger charge is 2.57. The summed E-state index contributed by atoms with van der Waals surface area (Å²) in [6, 6.07) is 11.7. The summed E-state index contributed by atoms with van der Waals surface area (Å²) in [5, 5.41) is 4.55. The Bertz CT molecular complexity index is 1070. The molecule has 0 spiro atoms. The molecule has 0 bridgehead atoms. The molecule has 5 rings (SSSR count). The van der Waals surface area contributed by atoms with Gasteiger partial charge in [0.25, 0.3) is 0 Å². The fourth-order valence-electron chi connectivity index (χ4n) is 4.74. The number of carbonyl (C=O) groups excluding carboxylic acids is 1. The van der Waals surface area contributed by atoms with Crippen LogP contribution in [-0.2, 0) is 11.3 Å². The van der Waals surface area contributed by atoms with Gasteiger partial charge in [-0.05, 0) is 31.4 Å². The molecule has 3 atom stereocenters. The van der Waals surface area contributed by atoms with Crippen LogP contribution in [0.15, 0.2) is 48.8 Å². The Morgan fingerprint density at radius 3 is 2.97 bits per heavy atom. The summed E-state index contributed by atoms with van der Waals surface area (Å²) in [5.41, 5.74) is 1.35. The lowest BCUT2D eigenvalue weighted by Gasteiger charge is -2.58. The largest absolute Gasteiger partial charge is 0.469 e. The topological polar surface area (TPSA) is 69.0 Å². The lowest BCUT2D eigenvalue weighted by Crippen LogP contribution is -2.67. The van der Waals surface area contributed by atoms with Crippen LogP contribution in [0.5, 0.6) is 5.88 Å². The predicted molar refractivity (Wildman–Crippen MR) is 111 cm³/mol. The minimum Gasteiger partial charge on any atom is -0.469 e. The molecule has 3 heterocycles. The molecule has 156 valence electrons. The van der Waals surface area contributed by atoms with Crippen LogP contribution in [-0.4, -0.2) is 43.8 Å². The molecule has 7 nitrogen and oxygen atoms in total. The first-order chi connectivity index (χ1) is 14.5. The van der Waals surface area contributed by atoms with Crippen molar-refractivity contribution < 1.29 is 14.3 Å². The summed E-state index contributed by atoms with van der Waals surface area (Å²) in [6.07, 6.45) is 5.74. The first-order valence-corrected chi connectivity index (χ1v) is 10.6. The number of hydrogen-bond donors (Lipinski definition) is 0. The second-order valence-corrected chi connectivity index (χ2v) is 8.59. The van der Waals surface area contributed by atoms with Crippen LogP contribution >= 0.6 is 11.6 Å². The van der Waals surface area contributed by atoms with Gasteiger partial charge in [0.05, 0.1) is 12.4 Å². The van der Waals surface area contributed by atoms with Crippen molar-refractivity contribution in [2.45, 2.75) is 44.4 Å². The zero-order valence-corrected chi connectivity index (χ0v) is 17.5. The van der Waals surface area contributed by atoms with Crippen LogP contribution in [0, 0.1) is 5.92 Å². The molecule has 8 heteroatoms. The number of benzene rings is 1. The fourth-order valence-corrected chi connectivity index (χ4v) is 4.91. The normalized spacial score (nSPS) is 25.5. The molecular formula is C22H23ClN4O3. The number of rotatable bonds is 4. The van der Waals surface area contributed by atoms with Gasteiger partial charge in [0.2, 0.25) is 5.88 Å². The van der Waals surface area contributed by atoms with E-state index in [2.05, 4.69) is 17.0 Å². The van der Waals surface area contributed by atoms with E-state index in [1.54, 1.807) is 16.9 Å². The monoisotopic (exact) mass is 426 g/mol. The summed E-state index contributed by atoms with van der Waals surface area (Å²) in [5.74, 6) is 0.698. The Morgan fingerprint density at radius 1 is 1.30 bits per heavy atom. The van der Waals surface area contributed by atoms with Gasteiger partial charge in [0.1, 0.15) is 17.7 Å². The van der Waals surface area contributed by atoms with E-state index in [4.69, 9.17) is 21.1 Å². The van der Waals surface area contributed by atoms with Crippen molar-refractivity contribution in [2.24, 2.45) is 5.92 Å². The van der Waals surface area contributed by atoms with Crippen molar-refractivity contribution in [3.05, 3.63) is 59.5 Å². The number of piperidine rings is 1. The first kappa shape index (κ1) is 19.2. The fraction of sp³-hybridized carbons (Fsp3) is 0.409. The lowest BCUT2D eigenvalue weighted by atomic mass is 9.62. The molecular weight excluding hydrogens is 404 g/mol. The molecule has 2 aliphatic rings. The Balaban J connectivity index is 1.28. The molecule has 3 aromatic rings. The number of aromatic nitrogens is 3. The minimum atomic E-state index is -0.411. The smallest absolute Gasteiger partial charge is 0.410 e. The van der Waals surface area contributed by atoms with Crippen molar-refractivity contribution in [3.8, 4) is 5.88 Å². The van der Waals surface area contributed by atoms with Gasteiger partial charge in [-0.2, -0.15) is 10.1 Å². The summed E-state index contributed by atoms with van der Waals surface area (Å²) in [6.45, 7) is 3.09. The number of hydrogen-bond acceptors (Lipinski definition) is 5. The third kappa shape index (κ3) is 3.37. The van der Waals surface area contributed by atoms with E-state index in [1.165, 1.54) is 0 Å². The standard InChI is InChI=1S/C22H23ClN4O3/c1-22(30-20-17-9-10-24-27(17)13-19(23)25-20)12-18-16(22)8-5-11-26(18)21(28)29-14-15-6-3-2-4-7-15/h2-4,6-7,9-10,13,16,18H,5,8,11-12,14H2,1H3/t16-,18?,22?/m1/s1. The molecule has 1 saturated carbocycles. The van der Waals surface area contributed by atoms with Crippen molar-refractivity contribution in [1.82, 2.24) is 19.5 Å². The summed E-state index contributed by atoms with van der Waals surface area (Å²) in [7, 11) is 0. The highest BCUT2D eigenvalue weighted by Crippen LogP contribution is 2.49. The molecule has 2 fully saturated rings. The van der Waals surface area contributed by atoms with Crippen molar-refractivity contribution in [2.75, 3.05) is 6.54 Å². The zero-order valence-electron chi connectivity index (χ0n) is 16.7. The van der Waals surface area contributed by atoms with Crippen molar-refractivity contribution >= 4 is 23.2 Å². The number of fused-ring (bicyclic) bond motifs is 2. The third-order valence-corrected chi connectivity index (χ3v) is 6.46. The number of amides is 1. The quantitative estimate of drug-likeness (QED) is 0.620. The first-order valence-electron chi connectivity index (χ1n) is 10.2. The summed E-state index contributed by atoms with van der Waals surface area (Å²) in [4.78, 5) is 19.0. The summed E-state index contributed by atoms with van der Waals surface area (Å²) < 4.78 is 13.6. The van der Waals surface area contributed by atoms with Crippen molar-refractivity contribution in [3.63, 3.8) is 0 Å². The van der Waals surface area contributed by atoms with Crippen LogP contribution in [0.3, 0.4) is 0 Å². The molecule has 2 aromatic heterocycles. The minimum absolute atomic E-state index is 0.118. The van der Waals surface area contributed by atoms with Gasteiger partial charge in [-0.1, -0.05) is 41.9 Å². The molecule has 2 unspecified atom stereocenters. The van der Waals surface area contributed by atoms with Crippen LogP contribution in [0.2, 0.25) is 5.15 Å². The highest BCUT2D eigenvalue weighted by molar-refractivity contribution is 6.29. The van der Waals surface area contributed by atoms with E-state index in [0.717, 1.165) is 30.3 Å². The maximum Gasteiger partial charge on any atom is 0.410 e. The number of carbonyl (C=O) groups is 1. The Labute approximate surface area is 179 Å². The zero-order chi connectivity index (χ0) is 20.7. The van der Waals surface area contributed by atoms with Crippen molar-refractivity contribution in [1.29, 1.82) is 0 Å². The molecule has 0 N–H and O–H groups in total. The van der Waals surface area contributed by atoms with Gasteiger partial charge in [0.15, 0.2) is 5.15 Å². The van der Waals surface area contributed by atoms with Gasteiger partial charge in [0, 0.05) is 24.9 Å². The maximum atomic E-state index is 12.7. The molecule has 1 aromatic carbocycles. The maximum absolute atomic E-state index is 12.7. The average molecular weight is 427 g/mol. The van der Waals surface area contributed by atoms with E-state index >= 15 is 0 Å². The molecule has 1 amide bonds. The SMILES string of the molecule is CC1(Oc2nc(Cl)cn3nccc23)CC2[C@H]1CCCN2C(=O)OCc1ccccc1. The van der Waals surface area contributed by atoms with Gasteiger partial charge in [-0.15, -0.1) is 0 Å². The molecule has 1 aliphatic heterocycles. The van der Waals surface area contributed by atoms with Gasteiger partial charge < -0.3 is 14.4 Å². The summed E-state index contributed by atoms with van der Waals surface area (Å²) >= 11 is 6.14. The van der Waals surface area contributed by atoms with E-state index in [-0.39, 0.29) is 24.7 Å². The van der Waals surface area contributed by atoms with E-state index in [1.807, 2.05) is 41.3 Å². The average Bonchev–Trinajstić information content (AvgIpc) is 3.21. The number of likely N-dealkylation sites (tertiary alicyclic amines) is 1.